The fraction of sp³-hybridized carbons (Fsp3) is 0.395. The Kier molecular flexibility index (Phi) is 6.44. The van der Waals surface area contributed by atoms with Gasteiger partial charge < -0.3 is 4.74 Å². The van der Waals surface area contributed by atoms with Crippen molar-refractivity contribution in [2.24, 2.45) is 24.3 Å². The fourth-order valence-electron chi connectivity index (χ4n) is 6.86. The van der Waals surface area contributed by atoms with E-state index < -0.39 is 0 Å². The lowest BCUT2D eigenvalue weighted by Crippen LogP contribution is -2.32. The van der Waals surface area contributed by atoms with E-state index >= 15 is 0 Å². The Morgan fingerprint density at radius 2 is 1.48 bits per heavy atom. The lowest BCUT2D eigenvalue weighted by molar-refractivity contribution is -0.659. The second-order valence-corrected chi connectivity index (χ2v) is 14.2. The lowest BCUT2D eigenvalue weighted by atomic mass is 9.84. The molecule has 0 N–H and O–H groups in total. The number of hydrogen-bond donors (Lipinski definition) is 0. The highest BCUT2D eigenvalue weighted by Gasteiger charge is 2.33. The molecule has 0 unspecified atom stereocenters. The zero-order chi connectivity index (χ0) is 28.5. The van der Waals surface area contributed by atoms with Crippen LogP contribution in [0.1, 0.15) is 70.7 Å². The molecule has 1 aromatic heterocycles. The molecule has 40 heavy (non-hydrogen) atoms. The van der Waals surface area contributed by atoms with Crippen molar-refractivity contribution < 1.29 is 9.30 Å². The number of rotatable bonds is 5. The topological polar surface area (TPSA) is 13.1 Å². The summed E-state index contributed by atoms with van der Waals surface area (Å²) < 4.78 is 9.34. The van der Waals surface area contributed by atoms with Crippen LogP contribution in [0.4, 0.5) is 0 Å². The second kappa shape index (κ2) is 9.61. The number of pyridine rings is 1. The number of aromatic nitrogens is 1. The van der Waals surface area contributed by atoms with Crippen LogP contribution in [-0.4, -0.2) is 0 Å². The SMILES string of the molecule is Cc1c2c(c(CC(C)C)c3ccc(CC(C)C)cc13)Oc1cc3ccc(CC(C)(C)C)cc3c3cc[n+](C)c-2c13. The van der Waals surface area contributed by atoms with Crippen molar-refractivity contribution in [3.8, 4) is 22.8 Å². The number of hydrogen-bond acceptors (Lipinski definition) is 1. The number of ether oxygens (including phenoxy) is 1. The first kappa shape index (κ1) is 26.8. The van der Waals surface area contributed by atoms with Crippen molar-refractivity contribution >= 4 is 32.3 Å². The van der Waals surface area contributed by atoms with Gasteiger partial charge in [0, 0.05) is 17.0 Å². The summed E-state index contributed by atoms with van der Waals surface area (Å²) in [5, 5.41) is 7.77. The summed E-state index contributed by atoms with van der Waals surface area (Å²) in [6, 6.07) is 18.7. The Hall–Kier alpha value is -3.39. The van der Waals surface area contributed by atoms with Crippen LogP contribution in [0, 0.1) is 24.2 Å². The predicted molar refractivity (Wildman–Crippen MR) is 171 cm³/mol. The summed E-state index contributed by atoms with van der Waals surface area (Å²) in [4.78, 5) is 0. The largest absolute Gasteiger partial charge is 0.455 e. The van der Waals surface area contributed by atoms with Gasteiger partial charge in [-0.15, -0.1) is 0 Å². The van der Waals surface area contributed by atoms with Crippen molar-refractivity contribution in [2.45, 2.75) is 74.7 Å². The molecular formula is C38H44NO+. The summed E-state index contributed by atoms with van der Waals surface area (Å²) >= 11 is 0. The molecule has 0 spiro atoms. The fourth-order valence-corrected chi connectivity index (χ4v) is 6.86. The third kappa shape index (κ3) is 4.56. The average Bonchev–Trinajstić information content (AvgIpc) is 2.86. The molecule has 0 aliphatic carbocycles. The van der Waals surface area contributed by atoms with Gasteiger partial charge in [0.25, 0.3) is 0 Å². The van der Waals surface area contributed by atoms with E-state index in [1.165, 1.54) is 65.8 Å². The van der Waals surface area contributed by atoms with Crippen LogP contribution in [0.2, 0.25) is 0 Å². The Morgan fingerprint density at radius 3 is 2.17 bits per heavy atom. The molecule has 6 rings (SSSR count). The van der Waals surface area contributed by atoms with Crippen LogP contribution < -0.4 is 9.30 Å². The van der Waals surface area contributed by atoms with Crippen molar-refractivity contribution in [3.63, 3.8) is 0 Å². The van der Waals surface area contributed by atoms with E-state index in [9.17, 15) is 0 Å². The van der Waals surface area contributed by atoms with Gasteiger partial charge in [-0.3, -0.25) is 0 Å². The minimum atomic E-state index is 0.244. The first-order valence-electron chi connectivity index (χ1n) is 15.1. The van der Waals surface area contributed by atoms with Crippen molar-refractivity contribution in [2.75, 3.05) is 0 Å². The van der Waals surface area contributed by atoms with E-state index in [4.69, 9.17) is 4.74 Å². The molecule has 2 nitrogen and oxygen atoms in total. The van der Waals surface area contributed by atoms with Crippen LogP contribution in [0.3, 0.4) is 0 Å². The molecule has 4 aromatic carbocycles. The molecular weight excluding hydrogens is 486 g/mol. The van der Waals surface area contributed by atoms with E-state index in [1.807, 2.05) is 0 Å². The second-order valence-electron chi connectivity index (χ2n) is 14.2. The molecule has 0 saturated carbocycles. The van der Waals surface area contributed by atoms with E-state index in [0.29, 0.717) is 11.8 Å². The van der Waals surface area contributed by atoms with E-state index in [2.05, 4.69) is 122 Å². The van der Waals surface area contributed by atoms with Crippen LogP contribution in [0.5, 0.6) is 11.5 Å². The molecule has 0 fully saturated rings. The molecule has 1 aliphatic rings. The van der Waals surface area contributed by atoms with Gasteiger partial charge in [0.1, 0.15) is 18.5 Å². The summed E-state index contributed by atoms with van der Waals surface area (Å²) in [6.07, 6.45) is 5.38. The van der Waals surface area contributed by atoms with Gasteiger partial charge in [-0.1, -0.05) is 84.9 Å². The molecule has 2 heteroatoms. The third-order valence-electron chi connectivity index (χ3n) is 8.39. The summed E-state index contributed by atoms with van der Waals surface area (Å²) in [6.45, 7) is 18.5. The minimum Gasteiger partial charge on any atom is -0.455 e. The minimum absolute atomic E-state index is 0.244. The zero-order valence-corrected chi connectivity index (χ0v) is 25.8. The predicted octanol–water partition coefficient (Wildman–Crippen LogP) is 10.0. The Labute approximate surface area is 240 Å². The first-order valence-corrected chi connectivity index (χ1v) is 15.1. The van der Waals surface area contributed by atoms with Crippen LogP contribution in [0.25, 0.3) is 43.6 Å². The molecule has 1 aliphatic heterocycles. The number of benzene rings is 4. The number of aryl methyl sites for hydroxylation is 2. The average molecular weight is 531 g/mol. The smallest absolute Gasteiger partial charge is 0.228 e. The highest BCUT2D eigenvalue weighted by atomic mass is 16.5. The molecule has 2 heterocycles. The van der Waals surface area contributed by atoms with E-state index in [0.717, 1.165) is 30.8 Å². The maximum absolute atomic E-state index is 7.03. The lowest BCUT2D eigenvalue weighted by Gasteiger charge is -2.26. The highest BCUT2D eigenvalue weighted by Crippen LogP contribution is 2.52. The Bertz CT molecular complexity index is 1800. The zero-order valence-electron chi connectivity index (χ0n) is 25.8. The van der Waals surface area contributed by atoms with Crippen molar-refractivity contribution in [1.29, 1.82) is 0 Å². The number of nitrogens with zero attached hydrogens (tertiary/aromatic N) is 1. The highest BCUT2D eigenvalue weighted by molar-refractivity contribution is 6.16. The van der Waals surface area contributed by atoms with Gasteiger partial charge >= 0.3 is 0 Å². The third-order valence-corrected chi connectivity index (χ3v) is 8.39. The van der Waals surface area contributed by atoms with E-state index in [1.54, 1.807) is 0 Å². The van der Waals surface area contributed by atoms with Gasteiger partial charge in [-0.2, -0.15) is 0 Å². The molecule has 0 bridgehead atoms. The molecule has 206 valence electrons. The Morgan fingerprint density at radius 1 is 0.775 bits per heavy atom. The Balaban J connectivity index is 1.69. The molecule has 5 aromatic rings. The molecule has 0 atom stereocenters. The van der Waals surface area contributed by atoms with Crippen LogP contribution in [0.15, 0.2) is 54.7 Å². The van der Waals surface area contributed by atoms with Gasteiger partial charge in [-0.05, 0) is 87.7 Å². The van der Waals surface area contributed by atoms with Gasteiger partial charge in [-0.25, -0.2) is 4.57 Å². The molecule has 0 amide bonds. The summed E-state index contributed by atoms with van der Waals surface area (Å²) in [7, 11) is 2.19. The van der Waals surface area contributed by atoms with Crippen molar-refractivity contribution in [1.82, 2.24) is 0 Å². The van der Waals surface area contributed by atoms with Gasteiger partial charge in [0.05, 0.1) is 10.9 Å². The van der Waals surface area contributed by atoms with Crippen LogP contribution >= 0.6 is 0 Å². The van der Waals surface area contributed by atoms with Gasteiger partial charge in [0.15, 0.2) is 6.20 Å². The summed E-state index contributed by atoms with van der Waals surface area (Å²) in [5.41, 5.74) is 8.24. The molecule has 0 radical (unpaired) electrons. The first-order chi connectivity index (χ1) is 18.9. The maximum atomic E-state index is 7.03. The monoisotopic (exact) mass is 530 g/mol. The normalized spacial score (nSPS) is 13.1. The quantitative estimate of drug-likeness (QED) is 0.160. The van der Waals surface area contributed by atoms with Crippen LogP contribution in [-0.2, 0) is 26.3 Å². The standard InChI is InChI=1S/C38H44NO/c1-22(2)16-25-11-13-28-30(18-25)24(5)34-36-35-29(14-15-39(36)9)31-19-26(21-38(6,7)8)10-12-27(31)20-33(35)40-37(34)32(28)17-23(3)4/h10-15,18-20,22-23H,16-17,21H2,1-9H3/q+1. The van der Waals surface area contributed by atoms with E-state index in [-0.39, 0.29) is 5.41 Å². The van der Waals surface area contributed by atoms with Gasteiger partial charge in [0.2, 0.25) is 5.69 Å². The summed E-state index contributed by atoms with van der Waals surface area (Å²) in [5.74, 6) is 3.18. The number of fused-ring (bicyclic) bond motifs is 5. The maximum Gasteiger partial charge on any atom is 0.228 e. The van der Waals surface area contributed by atoms with Crippen molar-refractivity contribution in [3.05, 3.63) is 77.0 Å². The molecule has 0 saturated heterocycles.